The fraction of sp³-hybridized carbons (Fsp3) is 0.417. The predicted octanol–water partition coefficient (Wildman–Crippen LogP) is 4.20. The lowest BCUT2D eigenvalue weighted by Crippen LogP contribution is -2.38. The van der Waals surface area contributed by atoms with Crippen molar-refractivity contribution in [3.8, 4) is 11.5 Å². The quantitative estimate of drug-likeness (QED) is 0.232. The first kappa shape index (κ1) is 33.0. The van der Waals surface area contributed by atoms with E-state index in [2.05, 4.69) is 0 Å². The summed E-state index contributed by atoms with van der Waals surface area (Å²) in [6.07, 6.45) is 0.196. The van der Waals surface area contributed by atoms with Crippen LogP contribution in [0.5, 0.6) is 11.5 Å². The van der Waals surface area contributed by atoms with Crippen LogP contribution in [-0.4, -0.2) is 71.0 Å². The van der Waals surface area contributed by atoms with E-state index in [1.165, 1.54) is 43.3 Å². The second kappa shape index (κ2) is 13.9. The zero-order valence-electron chi connectivity index (χ0n) is 21.5. The number of amides is 1. The van der Waals surface area contributed by atoms with E-state index >= 15 is 0 Å². The Hall–Kier alpha value is -2.25. The molecule has 2 aromatic rings. The van der Waals surface area contributed by atoms with Crippen LogP contribution >= 0.6 is 34.8 Å². The number of carbonyl (C=O) groups excluding carboxylic acids is 2. The summed E-state index contributed by atoms with van der Waals surface area (Å²) < 4.78 is 66.8. The highest BCUT2D eigenvalue weighted by atomic mass is 35.5. The molecule has 0 radical (unpaired) electrons. The molecule has 1 amide bonds. The molecule has 0 unspecified atom stereocenters. The van der Waals surface area contributed by atoms with Gasteiger partial charge in [-0.3, -0.25) is 9.59 Å². The van der Waals surface area contributed by atoms with Gasteiger partial charge in [0.1, 0.15) is 18.5 Å². The van der Waals surface area contributed by atoms with Crippen LogP contribution < -0.4 is 9.47 Å². The summed E-state index contributed by atoms with van der Waals surface area (Å²) in [5.41, 5.74) is 0. The van der Waals surface area contributed by atoms with E-state index < -0.39 is 37.8 Å². The number of hydrogen-bond acceptors (Lipinski definition) is 9. The van der Waals surface area contributed by atoms with Crippen LogP contribution in [0.2, 0.25) is 10.0 Å². The number of sulfone groups is 1. The molecule has 216 valence electrons. The largest absolute Gasteiger partial charge is 0.493 e. The molecule has 0 aliphatic carbocycles. The van der Waals surface area contributed by atoms with E-state index in [1.807, 2.05) is 0 Å². The molecule has 2 aromatic carbocycles. The van der Waals surface area contributed by atoms with Gasteiger partial charge in [0.2, 0.25) is 25.8 Å². The molecule has 10 nitrogen and oxygen atoms in total. The summed E-state index contributed by atoms with van der Waals surface area (Å²) >= 11 is 18.2. The van der Waals surface area contributed by atoms with Crippen LogP contribution in [0, 0.1) is 5.92 Å². The Bertz CT molecular complexity index is 1380. The number of rotatable bonds is 13. The van der Waals surface area contributed by atoms with Crippen molar-refractivity contribution in [1.29, 1.82) is 0 Å². The number of halogens is 3. The zero-order chi connectivity index (χ0) is 29.5. The SMILES string of the molecule is CC(=O)O[C@H](CCl)COc1c(Cl)cc(S(=O)(=O)c2ccc(OC[C@@H](C)CN(C(C)=O)S(C)(=O)=O)cc2)cc1Cl. The van der Waals surface area contributed by atoms with E-state index in [9.17, 15) is 26.4 Å². The normalized spacial score (nSPS) is 13.3. The fourth-order valence-corrected chi connectivity index (χ4v) is 6.46. The molecule has 15 heteroatoms. The molecular formula is C24H28Cl3NO9S2. The number of ether oxygens (including phenoxy) is 3. The van der Waals surface area contributed by atoms with Gasteiger partial charge in [-0.25, -0.2) is 21.1 Å². The average molecular weight is 645 g/mol. The van der Waals surface area contributed by atoms with Gasteiger partial charge < -0.3 is 14.2 Å². The minimum atomic E-state index is -4.02. The lowest BCUT2D eigenvalue weighted by molar-refractivity contribution is -0.146. The Morgan fingerprint density at radius 3 is 1.95 bits per heavy atom. The van der Waals surface area contributed by atoms with Crippen molar-refractivity contribution >= 4 is 66.5 Å². The highest BCUT2D eigenvalue weighted by Gasteiger charge is 2.24. The van der Waals surface area contributed by atoms with Gasteiger partial charge in [0, 0.05) is 26.3 Å². The van der Waals surface area contributed by atoms with Gasteiger partial charge in [-0.1, -0.05) is 30.1 Å². The lowest BCUT2D eigenvalue weighted by Gasteiger charge is -2.22. The molecule has 0 aromatic heterocycles. The summed E-state index contributed by atoms with van der Waals surface area (Å²) in [7, 11) is -7.72. The average Bonchev–Trinajstić information content (AvgIpc) is 2.83. The molecule has 2 atom stereocenters. The smallest absolute Gasteiger partial charge is 0.303 e. The van der Waals surface area contributed by atoms with E-state index in [4.69, 9.17) is 49.0 Å². The molecule has 0 aliphatic heterocycles. The Labute approximate surface area is 243 Å². The number of esters is 1. The van der Waals surface area contributed by atoms with Gasteiger partial charge in [-0.2, -0.15) is 0 Å². The first-order valence-corrected chi connectivity index (χ1v) is 16.0. The van der Waals surface area contributed by atoms with Crippen LogP contribution in [0.3, 0.4) is 0 Å². The predicted molar refractivity (Wildman–Crippen MR) is 147 cm³/mol. The van der Waals surface area contributed by atoms with Crippen molar-refractivity contribution in [1.82, 2.24) is 4.31 Å². The molecule has 0 bridgehead atoms. The van der Waals surface area contributed by atoms with E-state index in [1.54, 1.807) is 6.92 Å². The van der Waals surface area contributed by atoms with E-state index in [0.29, 0.717) is 5.75 Å². The minimum Gasteiger partial charge on any atom is -0.493 e. The lowest BCUT2D eigenvalue weighted by atomic mass is 10.2. The number of sulfonamides is 1. The van der Waals surface area contributed by atoms with Gasteiger partial charge in [-0.15, -0.1) is 11.6 Å². The van der Waals surface area contributed by atoms with Gasteiger partial charge in [0.15, 0.2) is 5.75 Å². The summed E-state index contributed by atoms with van der Waals surface area (Å²) in [6, 6.07) is 7.94. The maximum atomic E-state index is 13.2. The van der Waals surface area contributed by atoms with Crippen LogP contribution in [0.25, 0.3) is 0 Å². The third-order valence-corrected chi connectivity index (χ3v) is 8.96. The summed E-state index contributed by atoms with van der Waals surface area (Å²) in [5, 5.41) is -0.139. The third kappa shape index (κ3) is 9.42. The third-order valence-electron chi connectivity index (χ3n) is 5.10. The van der Waals surface area contributed by atoms with Crippen molar-refractivity contribution in [3.63, 3.8) is 0 Å². The maximum absolute atomic E-state index is 13.2. The van der Waals surface area contributed by atoms with Crippen LogP contribution in [0.4, 0.5) is 0 Å². The minimum absolute atomic E-state index is 0.0108. The van der Waals surface area contributed by atoms with Crippen molar-refractivity contribution in [2.45, 2.75) is 36.7 Å². The van der Waals surface area contributed by atoms with Crippen LogP contribution in [0.15, 0.2) is 46.2 Å². The summed E-state index contributed by atoms with van der Waals surface area (Å²) in [6.45, 7) is 3.99. The summed E-state index contributed by atoms with van der Waals surface area (Å²) in [4.78, 5) is 22.5. The van der Waals surface area contributed by atoms with E-state index in [0.717, 1.165) is 17.5 Å². The fourth-order valence-electron chi connectivity index (χ4n) is 3.27. The Kier molecular flexibility index (Phi) is 11.7. The number of nitrogens with zero attached hydrogens (tertiary/aromatic N) is 1. The highest BCUT2D eigenvalue weighted by Crippen LogP contribution is 2.37. The number of benzene rings is 2. The van der Waals surface area contributed by atoms with Crippen LogP contribution in [-0.2, 0) is 34.2 Å². The molecule has 0 N–H and O–H groups in total. The van der Waals surface area contributed by atoms with Gasteiger partial charge in [0.05, 0.1) is 38.6 Å². The molecule has 0 aliphatic rings. The Morgan fingerprint density at radius 2 is 1.49 bits per heavy atom. The Balaban J connectivity index is 2.12. The maximum Gasteiger partial charge on any atom is 0.303 e. The van der Waals surface area contributed by atoms with Crippen molar-refractivity contribution in [2.75, 3.05) is 31.9 Å². The standard InChI is InChI=1S/C24H28Cl3NO9S2/c1-15(12-28(16(2)29)38(4,31)32)13-35-18-5-7-20(8-6-18)39(33,34)21-9-22(26)24(23(27)10-21)36-14-19(11-25)37-17(3)30/h5-10,15,19H,11-14H2,1-4H3/t15-,19+/m0/s1. The molecule has 0 fully saturated rings. The van der Waals surface area contributed by atoms with Crippen molar-refractivity contribution in [2.24, 2.45) is 5.92 Å². The van der Waals surface area contributed by atoms with Crippen LogP contribution in [0.1, 0.15) is 20.8 Å². The number of alkyl halides is 1. The summed E-state index contributed by atoms with van der Waals surface area (Å²) in [5.74, 6) is -1.14. The Morgan fingerprint density at radius 1 is 0.923 bits per heavy atom. The van der Waals surface area contributed by atoms with Crippen molar-refractivity contribution in [3.05, 3.63) is 46.4 Å². The van der Waals surface area contributed by atoms with Gasteiger partial charge >= 0.3 is 5.97 Å². The molecular weight excluding hydrogens is 617 g/mol. The first-order chi connectivity index (χ1) is 18.1. The first-order valence-electron chi connectivity index (χ1n) is 11.4. The monoisotopic (exact) mass is 643 g/mol. The zero-order valence-corrected chi connectivity index (χ0v) is 25.4. The topological polar surface area (TPSA) is 133 Å². The molecule has 0 heterocycles. The molecule has 0 saturated carbocycles. The molecule has 0 spiro atoms. The van der Waals surface area contributed by atoms with Crippen molar-refractivity contribution < 1.29 is 40.6 Å². The highest BCUT2D eigenvalue weighted by molar-refractivity contribution is 7.91. The number of carbonyl (C=O) groups is 2. The van der Waals surface area contributed by atoms with E-state index in [-0.39, 0.29) is 57.1 Å². The van der Waals surface area contributed by atoms with Gasteiger partial charge in [0.25, 0.3) is 0 Å². The molecule has 0 saturated heterocycles. The second-order valence-electron chi connectivity index (χ2n) is 8.62. The second-order valence-corrected chi connectivity index (χ2v) is 13.6. The number of hydrogen-bond donors (Lipinski definition) is 0. The van der Waals surface area contributed by atoms with Gasteiger partial charge in [-0.05, 0) is 36.4 Å². The molecule has 2 rings (SSSR count). The molecule has 39 heavy (non-hydrogen) atoms.